The highest BCUT2D eigenvalue weighted by Crippen LogP contribution is 2.30. The molecule has 0 aromatic rings. The van der Waals surface area contributed by atoms with Crippen LogP contribution in [-0.4, -0.2) is 89.3 Å². The highest BCUT2D eigenvalue weighted by molar-refractivity contribution is 5.80. The Bertz CT molecular complexity index is 398. The molecule has 1 saturated heterocycles. The summed E-state index contributed by atoms with van der Waals surface area (Å²) in [5, 5.41) is 18.8. The Kier molecular flexibility index (Phi) is 5.05. The Labute approximate surface area is 125 Å². The summed E-state index contributed by atoms with van der Waals surface area (Å²) < 4.78 is 0. The first-order valence-electron chi connectivity index (χ1n) is 7.47. The molecule has 1 aliphatic heterocycles. The third kappa shape index (κ3) is 4.57. The van der Waals surface area contributed by atoms with Gasteiger partial charge in [-0.05, 0) is 39.3 Å². The number of carbonyl (C=O) groups is 2. The molecule has 1 aliphatic carbocycles. The molecule has 2 fully saturated rings. The van der Waals surface area contributed by atoms with E-state index >= 15 is 0 Å². The number of likely N-dealkylation sites (tertiary alicyclic amines) is 1. The Balaban J connectivity index is 2.03. The van der Waals surface area contributed by atoms with Crippen molar-refractivity contribution < 1.29 is 19.8 Å². The van der Waals surface area contributed by atoms with E-state index in [0.29, 0.717) is 25.4 Å². The smallest absolute Gasteiger partial charge is 0.323 e. The number of nitrogens with zero attached hydrogens (tertiary/aromatic N) is 3. The van der Waals surface area contributed by atoms with Gasteiger partial charge in [0.25, 0.3) is 0 Å². The molecule has 1 saturated carbocycles. The van der Waals surface area contributed by atoms with E-state index < -0.39 is 12.1 Å². The summed E-state index contributed by atoms with van der Waals surface area (Å²) in [6, 6.07) is -0.314. The Hall–Kier alpha value is -1.34. The van der Waals surface area contributed by atoms with Crippen molar-refractivity contribution in [3.05, 3.63) is 0 Å². The van der Waals surface area contributed by atoms with Crippen LogP contribution >= 0.6 is 0 Å². The van der Waals surface area contributed by atoms with Crippen molar-refractivity contribution in [2.45, 2.75) is 31.4 Å². The van der Waals surface area contributed by atoms with Gasteiger partial charge < -0.3 is 24.9 Å². The number of carbonyl (C=O) groups excluding carboxylic acids is 1. The van der Waals surface area contributed by atoms with Crippen LogP contribution in [0.15, 0.2) is 0 Å². The molecule has 0 spiro atoms. The summed E-state index contributed by atoms with van der Waals surface area (Å²) in [4.78, 5) is 28.7. The third-order valence-corrected chi connectivity index (χ3v) is 3.99. The van der Waals surface area contributed by atoms with Crippen LogP contribution in [0.2, 0.25) is 0 Å². The molecule has 7 nitrogen and oxygen atoms in total. The molecule has 120 valence electrons. The molecule has 2 aliphatic rings. The number of rotatable bonds is 6. The van der Waals surface area contributed by atoms with Gasteiger partial charge in [0.1, 0.15) is 6.54 Å². The number of aliphatic carboxylic acids is 1. The molecule has 1 heterocycles. The van der Waals surface area contributed by atoms with E-state index in [1.54, 1.807) is 4.90 Å². The second-order valence-electron chi connectivity index (χ2n) is 6.46. The van der Waals surface area contributed by atoms with E-state index in [-0.39, 0.29) is 25.2 Å². The molecule has 0 aromatic carbocycles. The minimum atomic E-state index is -0.993. The number of aliphatic hydroxyl groups excluding tert-OH is 1. The fraction of sp³-hybridized carbons (Fsp3) is 0.857. The Morgan fingerprint density at radius 2 is 1.90 bits per heavy atom. The van der Waals surface area contributed by atoms with Gasteiger partial charge in [-0.3, -0.25) is 4.79 Å². The number of carboxylic acid groups (broad SMARTS) is 1. The van der Waals surface area contributed by atoms with Crippen molar-refractivity contribution in [2.24, 2.45) is 5.92 Å². The van der Waals surface area contributed by atoms with Crippen LogP contribution in [0.3, 0.4) is 0 Å². The third-order valence-electron chi connectivity index (χ3n) is 3.99. The first-order valence-corrected chi connectivity index (χ1v) is 7.47. The molecule has 0 bridgehead atoms. The Morgan fingerprint density at radius 3 is 2.43 bits per heavy atom. The summed E-state index contributed by atoms with van der Waals surface area (Å²) in [6.45, 7) is 1.20. The maximum Gasteiger partial charge on any atom is 0.323 e. The zero-order chi connectivity index (χ0) is 15.6. The quantitative estimate of drug-likeness (QED) is 0.715. The maximum atomic E-state index is 12.6. The van der Waals surface area contributed by atoms with Crippen molar-refractivity contribution >= 4 is 12.0 Å². The first-order chi connectivity index (χ1) is 9.86. The highest BCUT2D eigenvalue weighted by Gasteiger charge is 2.38. The van der Waals surface area contributed by atoms with Crippen LogP contribution in [0.25, 0.3) is 0 Å². The molecule has 0 radical (unpaired) electrons. The lowest BCUT2D eigenvalue weighted by Gasteiger charge is -2.32. The normalized spacial score (nSPS) is 25.4. The summed E-state index contributed by atoms with van der Waals surface area (Å²) in [6.07, 6.45) is 2.15. The van der Waals surface area contributed by atoms with Gasteiger partial charge in [0.05, 0.1) is 6.10 Å². The maximum absolute atomic E-state index is 12.6. The number of amides is 2. The average molecular weight is 299 g/mol. The number of carboxylic acids is 1. The lowest BCUT2D eigenvalue weighted by molar-refractivity contribution is -0.137. The average Bonchev–Trinajstić information content (AvgIpc) is 3.10. The predicted octanol–water partition coefficient (Wildman–Crippen LogP) is -0.100. The van der Waals surface area contributed by atoms with Gasteiger partial charge in [-0.25, -0.2) is 4.79 Å². The van der Waals surface area contributed by atoms with Crippen molar-refractivity contribution in [3.8, 4) is 0 Å². The highest BCUT2D eigenvalue weighted by atomic mass is 16.4. The van der Waals surface area contributed by atoms with Crippen LogP contribution in [0.5, 0.6) is 0 Å². The molecule has 2 unspecified atom stereocenters. The molecule has 21 heavy (non-hydrogen) atoms. The molecule has 2 rings (SSSR count). The van der Waals surface area contributed by atoms with E-state index in [0.717, 1.165) is 12.8 Å². The number of aliphatic hydroxyl groups is 1. The summed E-state index contributed by atoms with van der Waals surface area (Å²) in [5.41, 5.74) is 0. The zero-order valence-corrected chi connectivity index (χ0v) is 12.7. The van der Waals surface area contributed by atoms with Crippen LogP contribution < -0.4 is 0 Å². The van der Waals surface area contributed by atoms with E-state index in [4.69, 9.17) is 5.11 Å². The second-order valence-corrected chi connectivity index (χ2v) is 6.46. The fourth-order valence-corrected chi connectivity index (χ4v) is 2.89. The van der Waals surface area contributed by atoms with E-state index in [2.05, 4.69) is 0 Å². The topological polar surface area (TPSA) is 84.3 Å². The molecular formula is C14H25N3O4. The number of hydrogen-bond acceptors (Lipinski definition) is 4. The number of β-amino-alcohol motifs (C(OH)–C–C–N with tert-alkyl or cyclic N) is 1. The monoisotopic (exact) mass is 299 g/mol. The molecular weight excluding hydrogens is 274 g/mol. The van der Waals surface area contributed by atoms with Crippen molar-refractivity contribution in [2.75, 3.05) is 40.3 Å². The predicted molar refractivity (Wildman–Crippen MR) is 77.0 cm³/mol. The van der Waals surface area contributed by atoms with E-state index in [1.807, 2.05) is 19.0 Å². The lowest BCUT2D eigenvalue weighted by Crippen LogP contribution is -2.50. The first kappa shape index (κ1) is 16.0. The van der Waals surface area contributed by atoms with Gasteiger partial charge in [0.15, 0.2) is 0 Å². The molecule has 7 heteroatoms. The summed E-state index contributed by atoms with van der Waals surface area (Å²) in [5.74, 6) is -0.555. The van der Waals surface area contributed by atoms with Gasteiger partial charge in [-0.1, -0.05) is 0 Å². The lowest BCUT2D eigenvalue weighted by atomic mass is 10.2. The van der Waals surface area contributed by atoms with Crippen LogP contribution in [-0.2, 0) is 4.79 Å². The fourth-order valence-electron chi connectivity index (χ4n) is 2.89. The van der Waals surface area contributed by atoms with Gasteiger partial charge in [0.2, 0.25) is 0 Å². The molecule has 2 atom stereocenters. The van der Waals surface area contributed by atoms with Gasteiger partial charge in [-0.2, -0.15) is 0 Å². The van der Waals surface area contributed by atoms with Crippen LogP contribution in [0.1, 0.15) is 19.3 Å². The standard InChI is InChI=1S/C14H25N3O4/c1-15(2)7-11-5-12(18)8-17(11)14(21)16(9-13(19)20)6-10-3-4-10/h10-12,18H,3-9H2,1-2H3,(H,19,20). The van der Waals surface area contributed by atoms with Gasteiger partial charge in [-0.15, -0.1) is 0 Å². The SMILES string of the molecule is CN(C)CC1CC(O)CN1C(=O)N(CC(=O)O)CC1CC1. The molecule has 2 amide bonds. The number of urea groups is 1. The van der Waals surface area contributed by atoms with Gasteiger partial charge in [0, 0.05) is 25.7 Å². The zero-order valence-electron chi connectivity index (χ0n) is 12.7. The Morgan fingerprint density at radius 1 is 1.24 bits per heavy atom. The minimum Gasteiger partial charge on any atom is -0.480 e. The molecule has 2 N–H and O–H groups in total. The van der Waals surface area contributed by atoms with E-state index in [9.17, 15) is 14.7 Å². The van der Waals surface area contributed by atoms with Crippen molar-refractivity contribution in [3.63, 3.8) is 0 Å². The number of likely N-dealkylation sites (N-methyl/N-ethyl adjacent to an activating group) is 1. The van der Waals surface area contributed by atoms with Crippen LogP contribution in [0, 0.1) is 5.92 Å². The van der Waals surface area contributed by atoms with E-state index in [1.165, 1.54) is 4.90 Å². The molecule has 0 aromatic heterocycles. The van der Waals surface area contributed by atoms with Gasteiger partial charge >= 0.3 is 12.0 Å². The summed E-state index contributed by atoms with van der Waals surface area (Å²) in [7, 11) is 3.85. The van der Waals surface area contributed by atoms with Crippen molar-refractivity contribution in [1.82, 2.24) is 14.7 Å². The van der Waals surface area contributed by atoms with Crippen molar-refractivity contribution in [1.29, 1.82) is 0 Å². The number of hydrogen-bond donors (Lipinski definition) is 2. The summed E-state index contributed by atoms with van der Waals surface area (Å²) >= 11 is 0. The second kappa shape index (κ2) is 6.62. The minimum absolute atomic E-state index is 0.0574. The van der Waals surface area contributed by atoms with Crippen LogP contribution in [0.4, 0.5) is 4.79 Å². The largest absolute Gasteiger partial charge is 0.480 e.